The third-order valence-electron chi connectivity index (χ3n) is 7.61. The maximum absolute atomic E-state index is 13.3. The first kappa shape index (κ1) is 37.9. The summed E-state index contributed by atoms with van der Waals surface area (Å²) in [6.45, 7) is 5.52. The first-order valence-electron chi connectivity index (χ1n) is 15.9. The summed E-state index contributed by atoms with van der Waals surface area (Å²) in [5.74, 6) is -1.53. The molecule has 0 aliphatic heterocycles. The number of nitrogens with one attached hydrogen (secondary N) is 4. The van der Waals surface area contributed by atoms with Crippen molar-refractivity contribution in [3.63, 3.8) is 0 Å². The molecule has 268 valence electrons. The summed E-state index contributed by atoms with van der Waals surface area (Å²) < 4.78 is 41.6. The average Bonchev–Trinajstić information content (AvgIpc) is 3.73. The highest BCUT2D eigenvalue weighted by Gasteiger charge is 2.30. The van der Waals surface area contributed by atoms with Crippen molar-refractivity contribution >= 4 is 51.5 Å². The molecule has 0 aliphatic carbocycles. The molecule has 3 aromatic heterocycles. The zero-order valence-corrected chi connectivity index (χ0v) is 29.5. The third kappa shape index (κ3) is 10.0. The predicted octanol–water partition coefficient (Wildman–Crippen LogP) is 5.87. The topological polar surface area (TPSA) is 142 Å². The van der Waals surface area contributed by atoms with Gasteiger partial charge >= 0.3 is 6.18 Å². The highest BCUT2D eigenvalue weighted by atomic mass is 32.1. The largest absolute Gasteiger partial charge is 0.416 e. The number of aryl methyl sites for hydroxylation is 3. The van der Waals surface area contributed by atoms with E-state index in [1.807, 2.05) is 19.0 Å². The van der Waals surface area contributed by atoms with E-state index in [9.17, 15) is 32.3 Å². The summed E-state index contributed by atoms with van der Waals surface area (Å²) in [7, 11) is 7.16. The number of benzene rings is 1. The van der Waals surface area contributed by atoms with Gasteiger partial charge in [0.15, 0.2) is 5.13 Å². The van der Waals surface area contributed by atoms with Gasteiger partial charge in [0.2, 0.25) is 0 Å². The number of rotatable bonds is 14. The van der Waals surface area contributed by atoms with E-state index in [1.54, 1.807) is 20.3 Å². The van der Waals surface area contributed by atoms with Crippen LogP contribution in [0.15, 0.2) is 48.8 Å². The standard InChI is InChI=1S/C34H41F3N8O4S/c1-20(2)8-13-27-28(32(49)38-14-7-15-43(3)4)41-33(50-27)42-31(48)26-17-24(19-45(26)6)40-30(47)25-16-23(18-44(25)5)39-29(46)21-9-11-22(12-10-21)34(35,36)37/h9-12,16-20H,7-8,13-15H2,1-6H3,(H,38,49)(H,39,46)(H,40,47)(H,41,42,48). The number of hydrogen-bond acceptors (Lipinski definition) is 7. The number of anilines is 3. The van der Waals surface area contributed by atoms with Gasteiger partial charge in [0.25, 0.3) is 23.6 Å². The number of aromatic nitrogens is 3. The van der Waals surface area contributed by atoms with Crippen molar-refractivity contribution in [3.05, 3.63) is 81.9 Å². The Morgan fingerprint density at radius 2 is 1.42 bits per heavy atom. The second-order valence-corrected chi connectivity index (χ2v) is 13.6. The van der Waals surface area contributed by atoms with Crippen molar-refractivity contribution in [2.75, 3.05) is 43.1 Å². The molecular weight excluding hydrogens is 673 g/mol. The first-order chi connectivity index (χ1) is 23.5. The fourth-order valence-electron chi connectivity index (χ4n) is 4.94. The van der Waals surface area contributed by atoms with Gasteiger partial charge in [0.1, 0.15) is 17.1 Å². The van der Waals surface area contributed by atoms with Gasteiger partial charge in [-0.15, -0.1) is 11.3 Å². The smallest absolute Gasteiger partial charge is 0.351 e. The van der Waals surface area contributed by atoms with Gasteiger partial charge in [0.05, 0.1) is 16.9 Å². The summed E-state index contributed by atoms with van der Waals surface area (Å²) in [6, 6.07) is 6.70. The van der Waals surface area contributed by atoms with Gasteiger partial charge in [-0.2, -0.15) is 13.2 Å². The van der Waals surface area contributed by atoms with Crippen molar-refractivity contribution in [2.24, 2.45) is 20.0 Å². The first-order valence-corrected chi connectivity index (χ1v) is 16.7. The maximum atomic E-state index is 13.3. The molecule has 0 spiro atoms. The lowest BCUT2D eigenvalue weighted by Crippen LogP contribution is -2.28. The molecular formula is C34H41F3N8O4S. The Bertz CT molecular complexity index is 1840. The summed E-state index contributed by atoms with van der Waals surface area (Å²) >= 11 is 1.26. The lowest BCUT2D eigenvalue weighted by molar-refractivity contribution is -0.137. The molecule has 0 saturated heterocycles. The average molecular weight is 715 g/mol. The number of carbonyl (C=O) groups is 4. The van der Waals surface area contributed by atoms with Gasteiger partial charge in [-0.3, -0.25) is 24.5 Å². The molecule has 0 atom stereocenters. The molecule has 0 fully saturated rings. The minimum absolute atomic E-state index is 0.0163. The predicted molar refractivity (Wildman–Crippen MR) is 187 cm³/mol. The van der Waals surface area contributed by atoms with Gasteiger partial charge in [-0.25, -0.2) is 4.98 Å². The van der Waals surface area contributed by atoms with E-state index in [2.05, 4.69) is 40.1 Å². The van der Waals surface area contributed by atoms with Crippen molar-refractivity contribution in [2.45, 2.75) is 39.3 Å². The molecule has 4 amide bonds. The lowest BCUT2D eigenvalue weighted by Gasteiger charge is -2.10. The van der Waals surface area contributed by atoms with Crippen molar-refractivity contribution in [1.82, 2.24) is 24.3 Å². The molecule has 0 radical (unpaired) electrons. The highest BCUT2D eigenvalue weighted by molar-refractivity contribution is 7.16. The van der Waals surface area contributed by atoms with Crippen LogP contribution in [0.2, 0.25) is 0 Å². The number of alkyl halides is 3. The van der Waals surface area contributed by atoms with Crippen LogP contribution in [0, 0.1) is 5.92 Å². The second-order valence-electron chi connectivity index (χ2n) is 12.5. The van der Waals surface area contributed by atoms with E-state index in [-0.39, 0.29) is 33.7 Å². The van der Waals surface area contributed by atoms with Crippen LogP contribution in [0.1, 0.15) is 79.0 Å². The Hall–Kier alpha value is -4.96. The molecule has 0 unspecified atom stereocenters. The van der Waals surface area contributed by atoms with E-state index in [4.69, 9.17) is 0 Å². The molecule has 4 N–H and O–H groups in total. The Balaban J connectivity index is 1.41. The van der Waals surface area contributed by atoms with Gasteiger partial charge in [-0.1, -0.05) is 13.8 Å². The lowest BCUT2D eigenvalue weighted by atomic mass is 10.1. The summed E-state index contributed by atoms with van der Waals surface area (Å²) in [5.41, 5.74) is 0.430. The Kier molecular flexibility index (Phi) is 12.2. The molecule has 1 aromatic carbocycles. The highest BCUT2D eigenvalue weighted by Crippen LogP contribution is 2.30. The zero-order chi connectivity index (χ0) is 36.7. The van der Waals surface area contributed by atoms with E-state index < -0.39 is 29.5 Å². The molecule has 0 saturated carbocycles. The number of nitrogens with zero attached hydrogens (tertiary/aromatic N) is 4. The zero-order valence-electron chi connectivity index (χ0n) is 28.7. The molecule has 16 heteroatoms. The number of halogens is 3. The van der Waals surface area contributed by atoms with Crippen LogP contribution >= 0.6 is 11.3 Å². The molecule has 3 heterocycles. The minimum atomic E-state index is -4.52. The fourth-order valence-corrected chi connectivity index (χ4v) is 5.91. The summed E-state index contributed by atoms with van der Waals surface area (Å²) in [6.07, 6.45) is 0.812. The van der Waals surface area contributed by atoms with Crippen LogP contribution in [-0.4, -0.2) is 69.8 Å². The Labute approximate surface area is 292 Å². The quantitative estimate of drug-likeness (QED) is 0.121. The van der Waals surface area contributed by atoms with E-state index in [1.165, 1.54) is 38.8 Å². The Morgan fingerprint density at radius 3 is 1.96 bits per heavy atom. The van der Waals surface area contributed by atoms with Gasteiger partial charge in [0, 0.05) is 43.5 Å². The van der Waals surface area contributed by atoms with Crippen LogP contribution in [-0.2, 0) is 26.7 Å². The fraction of sp³-hybridized carbons (Fsp3) is 0.382. The van der Waals surface area contributed by atoms with Crippen molar-refractivity contribution in [3.8, 4) is 0 Å². The molecule has 4 rings (SSSR count). The van der Waals surface area contributed by atoms with Crippen LogP contribution in [0.5, 0.6) is 0 Å². The summed E-state index contributed by atoms with van der Waals surface area (Å²) in [4.78, 5) is 59.3. The number of amides is 4. The van der Waals surface area contributed by atoms with E-state index >= 15 is 0 Å². The molecule has 0 aliphatic rings. The molecule has 50 heavy (non-hydrogen) atoms. The van der Waals surface area contributed by atoms with E-state index in [0.29, 0.717) is 30.3 Å². The van der Waals surface area contributed by atoms with E-state index in [0.717, 1.165) is 48.5 Å². The van der Waals surface area contributed by atoms with Crippen LogP contribution < -0.4 is 21.3 Å². The van der Waals surface area contributed by atoms with Crippen LogP contribution in [0.4, 0.5) is 29.7 Å². The molecule has 4 aromatic rings. The number of hydrogen-bond donors (Lipinski definition) is 4. The number of thiazole rings is 1. The molecule has 12 nitrogen and oxygen atoms in total. The third-order valence-corrected chi connectivity index (χ3v) is 8.65. The van der Waals surface area contributed by atoms with Gasteiger partial charge in [-0.05, 0) is 82.2 Å². The van der Waals surface area contributed by atoms with Crippen LogP contribution in [0.3, 0.4) is 0 Å². The number of carbonyl (C=O) groups excluding carboxylic acids is 4. The van der Waals surface area contributed by atoms with Gasteiger partial charge < -0.3 is 30.0 Å². The normalized spacial score (nSPS) is 11.6. The van der Waals surface area contributed by atoms with Crippen LogP contribution in [0.25, 0.3) is 0 Å². The monoisotopic (exact) mass is 714 g/mol. The minimum Gasteiger partial charge on any atom is -0.351 e. The maximum Gasteiger partial charge on any atom is 0.416 e. The van der Waals surface area contributed by atoms with Crippen molar-refractivity contribution < 1.29 is 32.3 Å². The molecule has 0 bridgehead atoms. The summed E-state index contributed by atoms with van der Waals surface area (Å²) in [5, 5.41) is 11.3. The van der Waals surface area contributed by atoms with Crippen molar-refractivity contribution in [1.29, 1.82) is 0 Å². The SMILES string of the molecule is CC(C)CCc1sc(NC(=O)c2cc(NC(=O)c3cc(NC(=O)c4ccc(C(F)(F)F)cc4)cn3C)cn2C)nc1C(=O)NCCCN(C)C. The Morgan fingerprint density at radius 1 is 0.860 bits per heavy atom. The second kappa shape index (κ2) is 16.2.